The second-order valence-electron chi connectivity index (χ2n) is 2.69. The van der Waals surface area contributed by atoms with Crippen LogP contribution in [0.4, 0.5) is 8.78 Å². The standard InChI is InChI=1S/C8H5F2NO3/c9-8(10)13-5-2-1-4(7(11)12)3-6(5)14-8/h1-3H,(H2,11,12). The van der Waals surface area contributed by atoms with E-state index >= 15 is 0 Å². The van der Waals surface area contributed by atoms with Crippen LogP contribution < -0.4 is 15.2 Å². The molecular formula is C8H5F2NO3. The lowest BCUT2D eigenvalue weighted by atomic mass is 10.2. The van der Waals surface area contributed by atoms with E-state index in [2.05, 4.69) is 9.47 Å². The van der Waals surface area contributed by atoms with Gasteiger partial charge in [0.15, 0.2) is 11.5 Å². The van der Waals surface area contributed by atoms with Gasteiger partial charge in [0.2, 0.25) is 5.91 Å². The highest BCUT2D eigenvalue weighted by Crippen LogP contribution is 2.41. The Kier molecular flexibility index (Phi) is 1.60. The monoisotopic (exact) mass is 201 g/mol. The maximum atomic E-state index is 12.5. The zero-order chi connectivity index (χ0) is 10.3. The molecule has 2 N–H and O–H groups in total. The van der Waals surface area contributed by atoms with Crippen LogP contribution >= 0.6 is 0 Å². The minimum Gasteiger partial charge on any atom is -0.395 e. The molecule has 0 bridgehead atoms. The lowest BCUT2D eigenvalue weighted by molar-refractivity contribution is -0.286. The first-order valence-electron chi connectivity index (χ1n) is 3.68. The molecule has 0 saturated carbocycles. The van der Waals surface area contributed by atoms with Gasteiger partial charge in [-0.1, -0.05) is 0 Å². The Hall–Kier alpha value is -1.85. The number of fused-ring (bicyclic) bond motifs is 1. The first kappa shape index (κ1) is 8.74. The van der Waals surface area contributed by atoms with Crippen molar-refractivity contribution in [3.05, 3.63) is 23.8 Å². The number of ether oxygens (including phenoxy) is 2. The predicted octanol–water partition coefficient (Wildman–Crippen LogP) is 1.11. The molecule has 1 heterocycles. The molecule has 1 amide bonds. The summed E-state index contributed by atoms with van der Waals surface area (Å²) < 4.78 is 33.3. The molecule has 0 aromatic heterocycles. The van der Waals surface area contributed by atoms with Gasteiger partial charge < -0.3 is 15.2 Å². The van der Waals surface area contributed by atoms with Crippen molar-refractivity contribution in [1.29, 1.82) is 0 Å². The van der Waals surface area contributed by atoms with Crippen molar-refractivity contribution in [1.82, 2.24) is 0 Å². The van der Waals surface area contributed by atoms with Gasteiger partial charge in [0.05, 0.1) is 0 Å². The van der Waals surface area contributed by atoms with Crippen LogP contribution in [0, 0.1) is 0 Å². The van der Waals surface area contributed by atoms with E-state index in [9.17, 15) is 13.6 Å². The zero-order valence-electron chi connectivity index (χ0n) is 6.79. The van der Waals surface area contributed by atoms with Gasteiger partial charge in [-0.05, 0) is 18.2 Å². The van der Waals surface area contributed by atoms with E-state index in [1.165, 1.54) is 12.1 Å². The van der Waals surface area contributed by atoms with E-state index in [0.717, 1.165) is 6.07 Å². The summed E-state index contributed by atoms with van der Waals surface area (Å²) in [6, 6.07) is 3.60. The fourth-order valence-electron chi connectivity index (χ4n) is 1.10. The largest absolute Gasteiger partial charge is 0.586 e. The summed E-state index contributed by atoms with van der Waals surface area (Å²) in [6.45, 7) is 0. The van der Waals surface area contributed by atoms with E-state index in [-0.39, 0.29) is 17.1 Å². The van der Waals surface area contributed by atoms with Crippen LogP contribution in [-0.4, -0.2) is 12.2 Å². The summed E-state index contributed by atoms with van der Waals surface area (Å²) >= 11 is 0. The second kappa shape index (κ2) is 2.57. The number of carbonyl (C=O) groups excluding carboxylic acids is 1. The summed E-state index contributed by atoms with van der Waals surface area (Å²) in [5, 5.41) is 0. The molecule has 74 valence electrons. The Bertz CT molecular complexity index is 406. The van der Waals surface area contributed by atoms with Gasteiger partial charge in [-0.15, -0.1) is 8.78 Å². The number of alkyl halides is 2. The Labute approximate surface area is 77.2 Å². The summed E-state index contributed by atoms with van der Waals surface area (Å²) in [6.07, 6.45) is -3.67. The topological polar surface area (TPSA) is 61.6 Å². The minimum atomic E-state index is -3.67. The third-order valence-corrected chi connectivity index (χ3v) is 1.69. The highest BCUT2D eigenvalue weighted by atomic mass is 19.3. The van der Waals surface area contributed by atoms with E-state index < -0.39 is 12.2 Å². The maximum Gasteiger partial charge on any atom is 0.586 e. The molecule has 0 spiro atoms. The van der Waals surface area contributed by atoms with Crippen molar-refractivity contribution in [2.45, 2.75) is 6.29 Å². The lowest BCUT2D eigenvalue weighted by Gasteiger charge is -2.04. The van der Waals surface area contributed by atoms with Gasteiger partial charge in [0.25, 0.3) is 0 Å². The molecule has 0 radical (unpaired) electrons. The van der Waals surface area contributed by atoms with E-state index in [1.807, 2.05) is 0 Å². The number of carbonyl (C=O) groups is 1. The molecule has 0 unspecified atom stereocenters. The molecule has 0 saturated heterocycles. The van der Waals surface area contributed by atoms with Crippen molar-refractivity contribution in [2.24, 2.45) is 5.73 Å². The zero-order valence-corrected chi connectivity index (χ0v) is 6.79. The van der Waals surface area contributed by atoms with Crippen LogP contribution in [0.1, 0.15) is 10.4 Å². The molecule has 6 heteroatoms. The molecule has 4 nitrogen and oxygen atoms in total. The number of amides is 1. The van der Waals surface area contributed by atoms with Gasteiger partial charge in [0, 0.05) is 5.56 Å². The number of halogens is 2. The number of hydrogen-bond donors (Lipinski definition) is 1. The van der Waals surface area contributed by atoms with Crippen LogP contribution in [0.3, 0.4) is 0 Å². The van der Waals surface area contributed by atoms with Crippen LogP contribution in [0.15, 0.2) is 18.2 Å². The molecule has 1 aromatic carbocycles. The van der Waals surface area contributed by atoms with Gasteiger partial charge in [0.1, 0.15) is 0 Å². The molecule has 1 aliphatic heterocycles. The molecule has 2 rings (SSSR count). The summed E-state index contributed by atoms with van der Waals surface area (Å²) in [5.74, 6) is -1.02. The molecule has 1 aliphatic rings. The summed E-state index contributed by atoms with van der Waals surface area (Å²) in [7, 11) is 0. The van der Waals surface area contributed by atoms with Crippen LogP contribution in [-0.2, 0) is 0 Å². The van der Waals surface area contributed by atoms with Crippen molar-refractivity contribution < 1.29 is 23.0 Å². The van der Waals surface area contributed by atoms with Gasteiger partial charge >= 0.3 is 6.29 Å². The average Bonchev–Trinajstić information content (AvgIpc) is 2.36. The number of benzene rings is 1. The Balaban J connectivity index is 2.40. The summed E-state index contributed by atoms with van der Waals surface area (Å²) in [4.78, 5) is 10.7. The quantitative estimate of drug-likeness (QED) is 0.740. The van der Waals surface area contributed by atoms with Gasteiger partial charge in [-0.25, -0.2) is 0 Å². The minimum absolute atomic E-state index is 0.0880. The normalized spacial score (nSPS) is 16.7. The first-order chi connectivity index (χ1) is 6.48. The third kappa shape index (κ3) is 1.34. The number of hydrogen-bond acceptors (Lipinski definition) is 3. The van der Waals surface area contributed by atoms with Crippen molar-refractivity contribution >= 4 is 5.91 Å². The SMILES string of the molecule is NC(=O)c1ccc2c(c1)OC(F)(F)O2. The number of nitrogens with two attached hydrogens (primary N) is 1. The summed E-state index contributed by atoms with van der Waals surface area (Å²) in [5.41, 5.74) is 5.04. The van der Waals surface area contributed by atoms with Gasteiger partial charge in [-0.3, -0.25) is 4.79 Å². The molecule has 14 heavy (non-hydrogen) atoms. The van der Waals surface area contributed by atoms with Crippen molar-refractivity contribution in [3.8, 4) is 11.5 Å². The van der Waals surface area contributed by atoms with Crippen LogP contribution in [0.5, 0.6) is 11.5 Å². The fourth-order valence-corrected chi connectivity index (χ4v) is 1.10. The smallest absolute Gasteiger partial charge is 0.395 e. The Morgan fingerprint density at radius 3 is 2.57 bits per heavy atom. The fraction of sp³-hybridized carbons (Fsp3) is 0.125. The molecular weight excluding hydrogens is 196 g/mol. The van der Waals surface area contributed by atoms with E-state index in [1.54, 1.807) is 0 Å². The van der Waals surface area contributed by atoms with Crippen molar-refractivity contribution in [3.63, 3.8) is 0 Å². The molecule has 0 fully saturated rings. The van der Waals surface area contributed by atoms with Crippen LogP contribution in [0.2, 0.25) is 0 Å². The highest BCUT2D eigenvalue weighted by Gasteiger charge is 2.43. The van der Waals surface area contributed by atoms with Crippen molar-refractivity contribution in [2.75, 3.05) is 0 Å². The second-order valence-corrected chi connectivity index (χ2v) is 2.69. The number of primary amides is 1. The average molecular weight is 201 g/mol. The van der Waals surface area contributed by atoms with E-state index in [0.29, 0.717) is 0 Å². The predicted molar refractivity (Wildman–Crippen MR) is 41.2 cm³/mol. The van der Waals surface area contributed by atoms with E-state index in [4.69, 9.17) is 5.73 Å². The van der Waals surface area contributed by atoms with Crippen LogP contribution in [0.25, 0.3) is 0 Å². The Morgan fingerprint density at radius 2 is 1.93 bits per heavy atom. The molecule has 1 aromatic rings. The molecule has 0 atom stereocenters. The molecule has 0 aliphatic carbocycles. The Morgan fingerprint density at radius 1 is 1.29 bits per heavy atom. The maximum absolute atomic E-state index is 12.5. The van der Waals surface area contributed by atoms with Gasteiger partial charge in [-0.2, -0.15) is 0 Å². The highest BCUT2D eigenvalue weighted by molar-refractivity contribution is 5.93. The number of rotatable bonds is 1. The lowest BCUT2D eigenvalue weighted by Crippen LogP contribution is -2.25. The first-order valence-corrected chi connectivity index (χ1v) is 3.68. The third-order valence-electron chi connectivity index (χ3n) is 1.69.